The lowest BCUT2D eigenvalue weighted by Gasteiger charge is -2.08. The second kappa shape index (κ2) is 4.20. The van der Waals surface area contributed by atoms with Gasteiger partial charge in [0.15, 0.2) is 0 Å². The Labute approximate surface area is 74.9 Å². The van der Waals surface area contributed by atoms with E-state index in [1.54, 1.807) is 0 Å². The van der Waals surface area contributed by atoms with Crippen LogP contribution in [0, 0.1) is 0 Å². The van der Waals surface area contributed by atoms with E-state index in [1.807, 2.05) is 0 Å². The minimum atomic E-state index is -1.08. The van der Waals surface area contributed by atoms with Gasteiger partial charge in [-0.05, 0) is 6.42 Å². The van der Waals surface area contributed by atoms with Crippen molar-refractivity contribution in [3.63, 3.8) is 0 Å². The van der Waals surface area contributed by atoms with Gasteiger partial charge in [0, 0.05) is 6.54 Å². The van der Waals surface area contributed by atoms with Crippen molar-refractivity contribution in [1.82, 2.24) is 10.6 Å². The summed E-state index contributed by atoms with van der Waals surface area (Å²) in [5, 5.41) is 22.3. The number of carbonyl (C=O) groups excluding carboxylic acids is 1. The fourth-order valence-corrected chi connectivity index (χ4v) is 1.20. The highest BCUT2D eigenvalue weighted by Gasteiger charge is 2.27. The minimum absolute atomic E-state index is 0.339. The molecular formula is C7H12N2O4. The third-order valence-electron chi connectivity index (χ3n) is 1.84. The zero-order valence-corrected chi connectivity index (χ0v) is 6.99. The number of carboxylic acid groups (broad SMARTS) is 1. The molecule has 1 aliphatic rings. The summed E-state index contributed by atoms with van der Waals surface area (Å²) in [6, 6.07) is -0.464. The summed E-state index contributed by atoms with van der Waals surface area (Å²) in [6.45, 7) is -0.00172. The highest BCUT2D eigenvalue weighted by Crippen LogP contribution is 2.05. The number of carboxylic acids is 1. The van der Waals surface area contributed by atoms with Crippen LogP contribution >= 0.6 is 0 Å². The highest BCUT2D eigenvalue weighted by atomic mass is 16.4. The molecule has 1 aliphatic heterocycles. The van der Waals surface area contributed by atoms with Gasteiger partial charge in [0.05, 0.1) is 12.1 Å². The summed E-state index contributed by atoms with van der Waals surface area (Å²) in [6.07, 6.45) is -0.175. The fraction of sp³-hybridized carbons (Fsp3) is 0.714. The van der Waals surface area contributed by atoms with Gasteiger partial charge in [0.2, 0.25) is 5.91 Å². The number of hydrogen-bond acceptors (Lipinski definition) is 4. The predicted molar refractivity (Wildman–Crippen MR) is 43.1 cm³/mol. The summed E-state index contributed by atoms with van der Waals surface area (Å²) >= 11 is 0. The molecule has 13 heavy (non-hydrogen) atoms. The fourth-order valence-electron chi connectivity index (χ4n) is 1.20. The van der Waals surface area contributed by atoms with Crippen LogP contribution in [0.25, 0.3) is 0 Å². The van der Waals surface area contributed by atoms with Gasteiger partial charge < -0.3 is 20.8 Å². The minimum Gasteiger partial charge on any atom is -0.480 e. The molecule has 1 amide bonds. The van der Waals surface area contributed by atoms with Gasteiger partial charge in [-0.1, -0.05) is 0 Å². The third kappa shape index (κ3) is 3.00. The smallest absolute Gasteiger partial charge is 0.322 e. The van der Waals surface area contributed by atoms with E-state index in [1.165, 1.54) is 0 Å². The molecule has 1 fully saturated rings. The van der Waals surface area contributed by atoms with E-state index in [-0.39, 0.29) is 12.5 Å². The summed E-state index contributed by atoms with van der Waals surface area (Å²) in [7, 11) is 0. The Kier molecular flexibility index (Phi) is 3.21. The van der Waals surface area contributed by atoms with Crippen LogP contribution in [-0.4, -0.2) is 47.3 Å². The molecule has 6 nitrogen and oxygen atoms in total. The Bertz CT molecular complexity index is 219. The van der Waals surface area contributed by atoms with Crippen LogP contribution in [-0.2, 0) is 9.59 Å². The predicted octanol–water partition coefficient (Wildman–Crippen LogP) is -2.09. The van der Waals surface area contributed by atoms with Gasteiger partial charge in [-0.25, -0.2) is 0 Å². The molecule has 0 aromatic heterocycles. The first-order valence-electron chi connectivity index (χ1n) is 4.00. The van der Waals surface area contributed by atoms with Crippen molar-refractivity contribution in [2.75, 3.05) is 13.1 Å². The number of amides is 1. The molecule has 0 aliphatic carbocycles. The van der Waals surface area contributed by atoms with E-state index in [4.69, 9.17) is 10.2 Å². The molecule has 74 valence electrons. The Morgan fingerprint density at radius 2 is 2.23 bits per heavy atom. The van der Waals surface area contributed by atoms with Crippen LogP contribution in [0.15, 0.2) is 0 Å². The average Bonchev–Trinajstić information content (AvgIpc) is 2.47. The number of aliphatic carboxylic acids is 1. The number of rotatable bonds is 3. The summed E-state index contributed by atoms with van der Waals surface area (Å²) in [4.78, 5) is 21.2. The Morgan fingerprint density at radius 1 is 1.54 bits per heavy atom. The maximum absolute atomic E-state index is 11.1. The van der Waals surface area contributed by atoms with Crippen LogP contribution in [0.3, 0.4) is 0 Å². The first-order chi connectivity index (χ1) is 6.09. The van der Waals surface area contributed by atoms with Gasteiger partial charge >= 0.3 is 5.97 Å². The number of nitrogens with one attached hydrogen (secondary N) is 2. The molecule has 1 saturated heterocycles. The molecule has 0 saturated carbocycles. The molecule has 6 heteroatoms. The van der Waals surface area contributed by atoms with Crippen molar-refractivity contribution in [3.05, 3.63) is 0 Å². The molecule has 0 aromatic carbocycles. The SMILES string of the molecule is O=C(O)CNC(=O)[C@H]1C[C@H](O)CN1. The number of carbonyl (C=O) groups is 2. The zero-order chi connectivity index (χ0) is 9.84. The Hall–Kier alpha value is -1.14. The van der Waals surface area contributed by atoms with E-state index < -0.39 is 18.1 Å². The molecule has 1 rings (SSSR count). The Balaban J connectivity index is 2.27. The van der Waals surface area contributed by atoms with Crippen molar-refractivity contribution in [3.8, 4) is 0 Å². The van der Waals surface area contributed by atoms with Crippen LogP contribution in [0.4, 0.5) is 0 Å². The van der Waals surface area contributed by atoms with Crippen molar-refractivity contribution in [2.24, 2.45) is 0 Å². The van der Waals surface area contributed by atoms with Crippen LogP contribution in [0.2, 0.25) is 0 Å². The zero-order valence-electron chi connectivity index (χ0n) is 6.99. The standard InChI is InChI=1S/C7H12N2O4/c10-4-1-5(8-2-4)7(13)9-3-6(11)12/h4-5,8,10H,1-3H2,(H,9,13)(H,11,12)/t4-,5+/m0/s1. The van der Waals surface area contributed by atoms with Crippen molar-refractivity contribution in [1.29, 1.82) is 0 Å². The maximum Gasteiger partial charge on any atom is 0.322 e. The lowest BCUT2D eigenvalue weighted by atomic mass is 10.2. The molecule has 0 aromatic rings. The number of hydrogen-bond donors (Lipinski definition) is 4. The van der Waals surface area contributed by atoms with E-state index in [0.29, 0.717) is 13.0 Å². The maximum atomic E-state index is 11.1. The average molecular weight is 188 g/mol. The van der Waals surface area contributed by atoms with Gasteiger partial charge in [-0.2, -0.15) is 0 Å². The number of β-amino-alcohol motifs (C(OH)–C–C–N with tert-alkyl or cyclic N) is 1. The molecule has 2 atom stereocenters. The summed E-state index contributed by atoms with van der Waals surface area (Å²) < 4.78 is 0. The van der Waals surface area contributed by atoms with Gasteiger partial charge in [-0.15, -0.1) is 0 Å². The molecular weight excluding hydrogens is 176 g/mol. The topological polar surface area (TPSA) is 98.7 Å². The highest BCUT2D eigenvalue weighted by molar-refractivity contribution is 5.85. The van der Waals surface area contributed by atoms with Crippen molar-refractivity contribution in [2.45, 2.75) is 18.6 Å². The second-order valence-electron chi connectivity index (χ2n) is 2.96. The van der Waals surface area contributed by atoms with Gasteiger partial charge in [0.1, 0.15) is 6.54 Å². The van der Waals surface area contributed by atoms with Gasteiger partial charge in [0.25, 0.3) is 0 Å². The first-order valence-corrected chi connectivity index (χ1v) is 4.00. The largest absolute Gasteiger partial charge is 0.480 e. The lowest BCUT2D eigenvalue weighted by molar-refractivity contribution is -0.138. The van der Waals surface area contributed by atoms with Crippen LogP contribution in [0.1, 0.15) is 6.42 Å². The molecule has 0 radical (unpaired) electrons. The molecule has 4 N–H and O–H groups in total. The molecule has 0 spiro atoms. The molecule has 0 unspecified atom stereocenters. The molecule has 1 heterocycles. The second-order valence-corrected chi connectivity index (χ2v) is 2.96. The van der Waals surface area contributed by atoms with Crippen molar-refractivity contribution < 1.29 is 19.8 Å². The quantitative estimate of drug-likeness (QED) is 0.407. The van der Waals surface area contributed by atoms with E-state index >= 15 is 0 Å². The molecule has 0 bridgehead atoms. The summed E-state index contributed by atoms with van der Waals surface area (Å²) in [5.74, 6) is -1.45. The third-order valence-corrected chi connectivity index (χ3v) is 1.84. The van der Waals surface area contributed by atoms with E-state index in [0.717, 1.165) is 0 Å². The van der Waals surface area contributed by atoms with E-state index in [2.05, 4.69) is 10.6 Å². The van der Waals surface area contributed by atoms with Crippen LogP contribution < -0.4 is 10.6 Å². The normalized spacial score (nSPS) is 27.2. The van der Waals surface area contributed by atoms with Gasteiger partial charge in [-0.3, -0.25) is 9.59 Å². The summed E-state index contributed by atoms with van der Waals surface area (Å²) in [5.41, 5.74) is 0. The first kappa shape index (κ1) is 9.94. The van der Waals surface area contributed by atoms with Crippen LogP contribution in [0.5, 0.6) is 0 Å². The van der Waals surface area contributed by atoms with E-state index in [9.17, 15) is 9.59 Å². The number of aliphatic hydroxyl groups excluding tert-OH is 1. The Morgan fingerprint density at radius 3 is 2.69 bits per heavy atom. The van der Waals surface area contributed by atoms with Crippen molar-refractivity contribution >= 4 is 11.9 Å². The lowest BCUT2D eigenvalue weighted by Crippen LogP contribution is -2.42. The number of aliphatic hydroxyl groups is 1. The monoisotopic (exact) mass is 188 g/mol.